The fraction of sp³-hybridized carbons (Fsp3) is 0.370. The van der Waals surface area contributed by atoms with Crippen molar-refractivity contribution in [1.29, 1.82) is 0 Å². The van der Waals surface area contributed by atoms with Crippen LogP contribution in [0.25, 0.3) is 28.0 Å². The van der Waals surface area contributed by atoms with Gasteiger partial charge in [-0.2, -0.15) is 11.8 Å². The monoisotopic (exact) mass is 447 g/mol. The average molecular weight is 448 g/mol. The molecule has 2 aliphatic heterocycles. The van der Waals surface area contributed by atoms with Crippen LogP contribution in [0.3, 0.4) is 0 Å². The molecule has 3 nitrogen and oxygen atoms in total. The lowest BCUT2D eigenvalue weighted by molar-refractivity contribution is 0.275. The van der Waals surface area contributed by atoms with Crippen molar-refractivity contribution >= 4 is 17.3 Å². The second-order valence-electron chi connectivity index (χ2n) is 8.82. The fourth-order valence-corrected chi connectivity index (χ4v) is 6.46. The number of nitrogens with one attached hydrogen (secondary N) is 1. The van der Waals surface area contributed by atoms with Gasteiger partial charge in [-0.15, -0.1) is 0 Å². The highest BCUT2D eigenvalue weighted by Crippen LogP contribution is 2.42. The quantitative estimate of drug-likeness (QED) is 0.412. The molecule has 1 saturated heterocycles. The molecule has 2 atom stereocenters. The van der Waals surface area contributed by atoms with Crippen molar-refractivity contribution in [3.8, 4) is 22.4 Å². The molecule has 32 heavy (non-hydrogen) atoms. The molecular formula is C27H30FN3S. The topological polar surface area (TPSA) is 31.9 Å². The standard InChI is InChI=1S/C27H30FN3S/c1-2-3-14-32-24-16-23-15-21(10-13-31(23)18-24)25-17-30-27(20-4-6-22(28)7-5-20)26(25)19-8-11-29-12-9-19/h4-12,17,23-24,30H,2-3,13-16,18H2,1H3/t23-,24+/m1/s1. The van der Waals surface area contributed by atoms with E-state index >= 15 is 0 Å². The molecule has 2 aromatic heterocycles. The van der Waals surface area contributed by atoms with E-state index < -0.39 is 0 Å². The van der Waals surface area contributed by atoms with Gasteiger partial charge in [-0.1, -0.05) is 19.4 Å². The second-order valence-corrected chi connectivity index (χ2v) is 10.2. The molecule has 5 rings (SSSR count). The molecule has 1 fully saturated rings. The number of hydrogen-bond acceptors (Lipinski definition) is 3. The van der Waals surface area contributed by atoms with Crippen molar-refractivity contribution in [2.75, 3.05) is 18.8 Å². The van der Waals surface area contributed by atoms with E-state index in [1.807, 2.05) is 24.5 Å². The summed E-state index contributed by atoms with van der Waals surface area (Å²) in [6, 6.07) is 11.5. The summed E-state index contributed by atoms with van der Waals surface area (Å²) in [5.74, 6) is 1.07. The van der Waals surface area contributed by atoms with Crippen LogP contribution in [0.2, 0.25) is 0 Å². The maximum atomic E-state index is 13.5. The van der Waals surface area contributed by atoms with Gasteiger partial charge in [-0.25, -0.2) is 4.39 Å². The molecule has 1 N–H and O–H groups in total. The Morgan fingerprint density at radius 2 is 1.94 bits per heavy atom. The Bertz CT molecular complexity index is 1070. The highest BCUT2D eigenvalue weighted by Gasteiger charge is 2.35. The largest absolute Gasteiger partial charge is 0.360 e. The van der Waals surface area contributed by atoms with E-state index in [-0.39, 0.29) is 5.82 Å². The molecule has 0 saturated carbocycles. The van der Waals surface area contributed by atoms with Gasteiger partial charge < -0.3 is 4.98 Å². The Morgan fingerprint density at radius 3 is 2.72 bits per heavy atom. The van der Waals surface area contributed by atoms with Crippen molar-refractivity contribution in [2.45, 2.75) is 43.9 Å². The van der Waals surface area contributed by atoms with Crippen molar-refractivity contribution in [2.24, 2.45) is 0 Å². The van der Waals surface area contributed by atoms with E-state index in [1.54, 1.807) is 0 Å². The SMILES string of the molecule is CCCCS[C@H]1C[C@H]2CC(c3c[nH]c(-c4ccc(F)cc4)c3-c3ccncc3)=CCN2C1. The molecule has 4 heterocycles. The zero-order valence-electron chi connectivity index (χ0n) is 18.6. The van der Waals surface area contributed by atoms with Gasteiger partial charge in [-0.05, 0) is 78.1 Å². The smallest absolute Gasteiger partial charge is 0.123 e. The van der Waals surface area contributed by atoms with E-state index in [1.165, 1.54) is 60.4 Å². The normalized spacial score (nSPS) is 20.9. The molecule has 0 radical (unpaired) electrons. The molecule has 2 aliphatic rings. The number of hydrogen-bond donors (Lipinski definition) is 1. The van der Waals surface area contributed by atoms with E-state index in [4.69, 9.17) is 0 Å². The third-order valence-corrected chi connectivity index (χ3v) is 8.03. The van der Waals surface area contributed by atoms with Crippen LogP contribution in [0.15, 0.2) is 61.1 Å². The minimum Gasteiger partial charge on any atom is -0.360 e. The lowest BCUT2D eigenvalue weighted by atomic mass is 9.89. The highest BCUT2D eigenvalue weighted by atomic mass is 32.2. The lowest BCUT2D eigenvalue weighted by Gasteiger charge is -2.29. The first-order valence-corrected chi connectivity index (χ1v) is 12.7. The third kappa shape index (κ3) is 4.41. The maximum absolute atomic E-state index is 13.5. The Hall–Kier alpha value is -2.37. The van der Waals surface area contributed by atoms with Crippen LogP contribution in [0.4, 0.5) is 4.39 Å². The van der Waals surface area contributed by atoms with E-state index in [9.17, 15) is 4.39 Å². The molecule has 0 bridgehead atoms. The molecule has 0 spiro atoms. The van der Waals surface area contributed by atoms with Gasteiger partial charge >= 0.3 is 0 Å². The van der Waals surface area contributed by atoms with Crippen molar-refractivity contribution in [3.05, 3.63) is 72.4 Å². The first kappa shape index (κ1) is 21.5. The summed E-state index contributed by atoms with van der Waals surface area (Å²) >= 11 is 2.17. The van der Waals surface area contributed by atoms with E-state index in [0.29, 0.717) is 6.04 Å². The minimum atomic E-state index is -0.214. The summed E-state index contributed by atoms with van der Waals surface area (Å²) in [6.45, 7) is 4.51. The average Bonchev–Trinajstić information content (AvgIpc) is 3.44. The number of aromatic nitrogens is 2. The number of pyridine rings is 1. The van der Waals surface area contributed by atoms with Crippen molar-refractivity contribution in [1.82, 2.24) is 14.9 Å². The Balaban J connectivity index is 1.44. The first-order valence-electron chi connectivity index (χ1n) is 11.7. The van der Waals surface area contributed by atoms with Crippen molar-refractivity contribution < 1.29 is 4.39 Å². The number of fused-ring (bicyclic) bond motifs is 1. The minimum absolute atomic E-state index is 0.214. The summed E-state index contributed by atoms with van der Waals surface area (Å²) in [5, 5.41) is 0.764. The second kappa shape index (κ2) is 9.63. The number of benzene rings is 1. The van der Waals surface area contributed by atoms with Crippen LogP contribution in [-0.4, -0.2) is 45.0 Å². The lowest BCUT2D eigenvalue weighted by Crippen LogP contribution is -2.33. The molecule has 0 amide bonds. The highest BCUT2D eigenvalue weighted by molar-refractivity contribution is 7.99. The predicted octanol–water partition coefficient (Wildman–Crippen LogP) is 6.65. The summed E-state index contributed by atoms with van der Waals surface area (Å²) < 4.78 is 13.5. The fourth-order valence-electron chi connectivity index (χ4n) is 5.01. The Kier molecular flexibility index (Phi) is 6.47. The third-order valence-electron chi connectivity index (χ3n) is 6.70. The number of unbranched alkanes of at least 4 members (excludes halogenated alkanes) is 1. The Morgan fingerprint density at radius 1 is 1.12 bits per heavy atom. The summed E-state index contributed by atoms with van der Waals surface area (Å²) in [6.07, 6.45) is 13.2. The number of H-pyrrole nitrogens is 1. The van der Waals surface area contributed by atoms with Crippen LogP contribution in [0.5, 0.6) is 0 Å². The summed E-state index contributed by atoms with van der Waals surface area (Å²) in [5.41, 5.74) is 7.03. The van der Waals surface area contributed by atoms with E-state index in [2.05, 4.69) is 58.0 Å². The van der Waals surface area contributed by atoms with Gasteiger partial charge in [0.15, 0.2) is 0 Å². The van der Waals surface area contributed by atoms with Gasteiger partial charge in [0.1, 0.15) is 5.82 Å². The van der Waals surface area contributed by atoms with Crippen LogP contribution in [0, 0.1) is 5.82 Å². The molecule has 0 aliphatic carbocycles. The number of nitrogens with zero attached hydrogens (tertiary/aromatic N) is 2. The predicted molar refractivity (Wildman–Crippen MR) is 133 cm³/mol. The van der Waals surface area contributed by atoms with Crippen LogP contribution >= 0.6 is 11.8 Å². The molecule has 0 unspecified atom stereocenters. The maximum Gasteiger partial charge on any atom is 0.123 e. The number of aromatic amines is 1. The molecule has 1 aromatic carbocycles. The summed E-state index contributed by atoms with van der Waals surface area (Å²) in [4.78, 5) is 10.4. The number of rotatable bonds is 7. The van der Waals surface area contributed by atoms with Gasteiger partial charge in [0, 0.05) is 54.1 Å². The zero-order chi connectivity index (χ0) is 21.9. The number of halogens is 1. The molecular weight excluding hydrogens is 417 g/mol. The first-order chi connectivity index (χ1) is 15.7. The molecule has 5 heteroatoms. The van der Waals surface area contributed by atoms with Gasteiger partial charge in [0.25, 0.3) is 0 Å². The number of thioether (sulfide) groups is 1. The Labute approximate surface area is 194 Å². The van der Waals surface area contributed by atoms with Gasteiger partial charge in [-0.3, -0.25) is 9.88 Å². The van der Waals surface area contributed by atoms with Gasteiger partial charge in [0.05, 0.1) is 5.69 Å². The molecule has 166 valence electrons. The van der Waals surface area contributed by atoms with Crippen LogP contribution in [-0.2, 0) is 0 Å². The van der Waals surface area contributed by atoms with Gasteiger partial charge in [0.2, 0.25) is 0 Å². The zero-order valence-corrected chi connectivity index (χ0v) is 19.4. The molecule has 3 aromatic rings. The van der Waals surface area contributed by atoms with E-state index in [0.717, 1.165) is 35.0 Å². The van der Waals surface area contributed by atoms with Crippen LogP contribution < -0.4 is 0 Å². The van der Waals surface area contributed by atoms with Crippen molar-refractivity contribution in [3.63, 3.8) is 0 Å². The van der Waals surface area contributed by atoms with Crippen LogP contribution in [0.1, 0.15) is 38.2 Å². The summed E-state index contributed by atoms with van der Waals surface area (Å²) in [7, 11) is 0.